The van der Waals surface area contributed by atoms with E-state index in [0.29, 0.717) is 12.8 Å². The van der Waals surface area contributed by atoms with Crippen molar-refractivity contribution < 1.29 is 9.53 Å². The van der Waals surface area contributed by atoms with E-state index >= 15 is 0 Å². The molecular formula is C11H14BrNO2. The molecule has 0 fully saturated rings. The number of carbonyl (C=O) groups is 1. The lowest BCUT2D eigenvalue weighted by Crippen LogP contribution is -2.14. The normalized spacial score (nSPS) is 12.5. The van der Waals surface area contributed by atoms with Crippen LogP contribution in [0.2, 0.25) is 0 Å². The lowest BCUT2D eigenvalue weighted by molar-refractivity contribution is -0.120. The van der Waals surface area contributed by atoms with Gasteiger partial charge in [-0.3, -0.25) is 9.78 Å². The number of hydrogen-bond acceptors (Lipinski definition) is 3. The third kappa shape index (κ3) is 4.53. The number of rotatable bonds is 5. The van der Waals surface area contributed by atoms with Crippen molar-refractivity contribution in [2.24, 2.45) is 0 Å². The summed E-state index contributed by atoms with van der Waals surface area (Å²) in [6.45, 7) is 1.89. The molecule has 4 heteroatoms. The molecule has 1 heterocycles. The first kappa shape index (κ1) is 12.3. The molecule has 1 atom stereocenters. The van der Waals surface area contributed by atoms with E-state index in [2.05, 4.69) is 20.9 Å². The summed E-state index contributed by atoms with van der Waals surface area (Å²) < 4.78 is 5.93. The van der Waals surface area contributed by atoms with Crippen LogP contribution in [0.1, 0.15) is 18.9 Å². The fraction of sp³-hybridized carbons (Fsp3) is 0.455. The highest BCUT2D eigenvalue weighted by molar-refractivity contribution is 9.10. The van der Waals surface area contributed by atoms with Crippen molar-refractivity contribution in [1.82, 2.24) is 4.98 Å². The second kappa shape index (κ2) is 5.98. The Bertz CT molecular complexity index is 341. The summed E-state index contributed by atoms with van der Waals surface area (Å²) in [6.07, 6.45) is 4.26. The van der Waals surface area contributed by atoms with Gasteiger partial charge in [-0.05, 0) is 34.5 Å². The number of hydrogen-bond donors (Lipinski definition) is 0. The van der Waals surface area contributed by atoms with Crippen molar-refractivity contribution in [3.8, 4) is 0 Å². The Morgan fingerprint density at radius 1 is 1.60 bits per heavy atom. The maximum atomic E-state index is 11.6. The van der Waals surface area contributed by atoms with Gasteiger partial charge in [0, 0.05) is 36.8 Å². The number of pyridine rings is 1. The second-order valence-electron chi connectivity index (χ2n) is 3.48. The maximum absolute atomic E-state index is 11.6. The Kier molecular flexibility index (Phi) is 4.91. The average molecular weight is 272 g/mol. The van der Waals surface area contributed by atoms with Crippen LogP contribution in [0.5, 0.6) is 0 Å². The van der Waals surface area contributed by atoms with Gasteiger partial charge in [0.15, 0.2) is 0 Å². The molecule has 0 bridgehead atoms. The molecule has 0 aliphatic rings. The van der Waals surface area contributed by atoms with Crippen LogP contribution in [0.4, 0.5) is 0 Å². The molecule has 3 nitrogen and oxygen atoms in total. The minimum absolute atomic E-state index is 0.0161. The summed E-state index contributed by atoms with van der Waals surface area (Å²) in [7, 11) is 1.61. The van der Waals surface area contributed by atoms with E-state index in [9.17, 15) is 4.79 Å². The molecule has 0 saturated heterocycles. The maximum Gasteiger partial charge on any atom is 0.139 e. The summed E-state index contributed by atoms with van der Waals surface area (Å²) in [6, 6.07) is 1.91. The second-order valence-corrected chi connectivity index (χ2v) is 4.39. The Balaban J connectivity index is 2.51. The topological polar surface area (TPSA) is 39.2 Å². The Labute approximate surface area is 98.0 Å². The van der Waals surface area contributed by atoms with Crippen LogP contribution < -0.4 is 0 Å². The molecule has 0 aliphatic carbocycles. The lowest BCUT2D eigenvalue weighted by atomic mass is 10.1. The predicted molar refractivity (Wildman–Crippen MR) is 61.7 cm³/mol. The predicted octanol–water partition coefficient (Wildman–Crippen LogP) is 2.38. The Morgan fingerprint density at radius 2 is 2.33 bits per heavy atom. The fourth-order valence-electron chi connectivity index (χ4n) is 1.26. The van der Waals surface area contributed by atoms with Crippen molar-refractivity contribution >= 4 is 21.7 Å². The molecule has 1 rings (SSSR count). The molecule has 0 saturated carbocycles. The van der Waals surface area contributed by atoms with E-state index in [4.69, 9.17) is 4.74 Å². The molecule has 0 spiro atoms. The summed E-state index contributed by atoms with van der Waals surface area (Å²) >= 11 is 3.32. The van der Waals surface area contributed by atoms with Crippen LogP contribution in [0.3, 0.4) is 0 Å². The van der Waals surface area contributed by atoms with Gasteiger partial charge in [0.2, 0.25) is 0 Å². The highest BCUT2D eigenvalue weighted by Gasteiger charge is 2.09. The van der Waals surface area contributed by atoms with E-state index in [1.165, 1.54) is 0 Å². The first-order valence-electron chi connectivity index (χ1n) is 4.75. The number of aromatic nitrogens is 1. The molecular weight excluding hydrogens is 258 g/mol. The van der Waals surface area contributed by atoms with Crippen molar-refractivity contribution in [2.45, 2.75) is 25.9 Å². The van der Waals surface area contributed by atoms with Crippen molar-refractivity contribution in [2.75, 3.05) is 7.11 Å². The molecule has 1 aromatic rings. The third-order valence-corrected chi connectivity index (χ3v) is 2.51. The molecule has 0 amide bonds. The highest BCUT2D eigenvalue weighted by atomic mass is 79.9. The zero-order valence-electron chi connectivity index (χ0n) is 8.87. The van der Waals surface area contributed by atoms with Gasteiger partial charge in [-0.2, -0.15) is 0 Å². The van der Waals surface area contributed by atoms with Gasteiger partial charge in [0.25, 0.3) is 0 Å². The zero-order chi connectivity index (χ0) is 11.3. The summed E-state index contributed by atoms with van der Waals surface area (Å²) in [4.78, 5) is 15.6. The van der Waals surface area contributed by atoms with Crippen molar-refractivity contribution in [3.05, 3.63) is 28.5 Å². The van der Waals surface area contributed by atoms with Crippen LogP contribution in [-0.2, 0) is 16.0 Å². The first-order valence-corrected chi connectivity index (χ1v) is 5.55. The number of nitrogens with zero attached hydrogens (tertiary/aromatic N) is 1. The van der Waals surface area contributed by atoms with E-state index in [1.54, 1.807) is 19.5 Å². The number of halogens is 1. The van der Waals surface area contributed by atoms with Crippen LogP contribution in [0.25, 0.3) is 0 Å². The summed E-state index contributed by atoms with van der Waals surface area (Å²) in [5, 5.41) is 0. The number of methoxy groups -OCH3 is 1. The summed E-state index contributed by atoms with van der Waals surface area (Å²) in [5.41, 5.74) is 0.928. The minimum atomic E-state index is -0.0161. The number of ether oxygens (including phenoxy) is 1. The van der Waals surface area contributed by atoms with Gasteiger partial charge in [0.1, 0.15) is 5.78 Å². The highest BCUT2D eigenvalue weighted by Crippen LogP contribution is 2.11. The largest absolute Gasteiger partial charge is 0.381 e. The fourth-order valence-corrected chi connectivity index (χ4v) is 1.67. The van der Waals surface area contributed by atoms with Gasteiger partial charge in [-0.15, -0.1) is 0 Å². The third-order valence-electron chi connectivity index (χ3n) is 2.08. The monoisotopic (exact) mass is 271 g/mol. The summed E-state index contributed by atoms with van der Waals surface area (Å²) in [5.74, 6) is 0.171. The van der Waals surface area contributed by atoms with E-state index < -0.39 is 0 Å². The van der Waals surface area contributed by atoms with Crippen molar-refractivity contribution in [3.63, 3.8) is 0 Å². The van der Waals surface area contributed by atoms with Gasteiger partial charge in [0.05, 0.1) is 6.10 Å². The van der Waals surface area contributed by atoms with Gasteiger partial charge >= 0.3 is 0 Å². The van der Waals surface area contributed by atoms with E-state index in [1.807, 2.05) is 13.0 Å². The quantitative estimate of drug-likeness (QED) is 0.826. The van der Waals surface area contributed by atoms with Gasteiger partial charge < -0.3 is 4.74 Å². The molecule has 0 aromatic carbocycles. The molecule has 0 N–H and O–H groups in total. The zero-order valence-corrected chi connectivity index (χ0v) is 10.5. The molecule has 0 aliphatic heterocycles. The van der Waals surface area contributed by atoms with Crippen LogP contribution in [0, 0.1) is 0 Å². The van der Waals surface area contributed by atoms with E-state index in [0.717, 1.165) is 10.0 Å². The number of ketones is 1. The van der Waals surface area contributed by atoms with E-state index in [-0.39, 0.29) is 11.9 Å². The standard InChI is InChI=1S/C11H14BrNO2/c1-8(15-2)3-11(14)5-9-4-10(12)7-13-6-9/h4,6-8H,3,5H2,1-2H3. The first-order chi connectivity index (χ1) is 7.11. The molecule has 15 heavy (non-hydrogen) atoms. The van der Waals surface area contributed by atoms with Gasteiger partial charge in [-0.1, -0.05) is 0 Å². The van der Waals surface area contributed by atoms with Crippen LogP contribution in [0.15, 0.2) is 22.9 Å². The smallest absolute Gasteiger partial charge is 0.139 e. The molecule has 0 radical (unpaired) electrons. The van der Waals surface area contributed by atoms with Crippen LogP contribution >= 0.6 is 15.9 Å². The molecule has 82 valence electrons. The molecule has 1 unspecified atom stereocenters. The SMILES string of the molecule is COC(C)CC(=O)Cc1cncc(Br)c1. The average Bonchev–Trinajstić information content (AvgIpc) is 2.17. The minimum Gasteiger partial charge on any atom is -0.381 e. The van der Waals surface area contributed by atoms with Gasteiger partial charge in [-0.25, -0.2) is 0 Å². The van der Waals surface area contributed by atoms with Crippen LogP contribution in [-0.4, -0.2) is 24.0 Å². The Morgan fingerprint density at radius 3 is 2.93 bits per heavy atom. The Hall–Kier alpha value is -0.740. The van der Waals surface area contributed by atoms with Crippen molar-refractivity contribution in [1.29, 1.82) is 0 Å². The molecule has 1 aromatic heterocycles. The lowest BCUT2D eigenvalue weighted by Gasteiger charge is -2.07. The number of carbonyl (C=O) groups excluding carboxylic acids is 1. The number of Topliss-reactive ketones (excluding diaryl/α,β-unsaturated/α-hetero) is 1.